The van der Waals surface area contributed by atoms with Gasteiger partial charge in [-0.2, -0.15) is 0 Å². The van der Waals surface area contributed by atoms with Gasteiger partial charge in [0.2, 0.25) is 0 Å². The van der Waals surface area contributed by atoms with E-state index in [1.54, 1.807) is 23.0 Å². The van der Waals surface area contributed by atoms with Crippen molar-refractivity contribution < 1.29 is 10.2 Å². The van der Waals surface area contributed by atoms with Crippen LogP contribution in [0.4, 0.5) is 5.69 Å². The molecule has 0 radical (unpaired) electrons. The number of likely N-dealkylation sites (N-methyl/N-ethyl adjacent to an activating group) is 1. The van der Waals surface area contributed by atoms with Crippen LogP contribution in [0.25, 0.3) is 17.0 Å². The van der Waals surface area contributed by atoms with E-state index in [4.69, 9.17) is 4.98 Å². The fourth-order valence-corrected chi connectivity index (χ4v) is 5.01. The molecule has 2 aromatic carbocycles. The van der Waals surface area contributed by atoms with Crippen molar-refractivity contribution in [2.24, 2.45) is 0 Å². The van der Waals surface area contributed by atoms with Crippen molar-refractivity contribution in [3.05, 3.63) is 69.8 Å². The molecule has 6 nitrogen and oxygen atoms in total. The summed E-state index contributed by atoms with van der Waals surface area (Å²) in [5.41, 5.74) is 4.63. The molecule has 160 valence electrons. The molecule has 0 spiro atoms. The average molecular weight is 418 g/mol. The van der Waals surface area contributed by atoms with Gasteiger partial charge in [0.05, 0.1) is 29.5 Å². The van der Waals surface area contributed by atoms with Crippen molar-refractivity contribution in [3.8, 4) is 5.75 Å². The van der Waals surface area contributed by atoms with Crippen LogP contribution in [0, 0.1) is 0 Å². The number of hydrogen-bond donors (Lipinski definition) is 2. The number of aromatic hydroxyl groups is 1. The lowest BCUT2D eigenvalue weighted by Crippen LogP contribution is -2.35. The lowest BCUT2D eigenvalue weighted by atomic mass is 9.91. The third kappa shape index (κ3) is 3.51. The zero-order chi connectivity index (χ0) is 21.5. The van der Waals surface area contributed by atoms with Gasteiger partial charge in [-0.3, -0.25) is 9.36 Å². The van der Waals surface area contributed by atoms with E-state index in [0.29, 0.717) is 17.3 Å². The Morgan fingerprint density at radius 3 is 2.84 bits per heavy atom. The quantitative estimate of drug-likeness (QED) is 0.680. The highest BCUT2D eigenvalue weighted by Gasteiger charge is 2.27. The van der Waals surface area contributed by atoms with Crippen LogP contribution >= 0.6 is 0 Å². The number of benzene rings is 2. The minimum absolute atomic E-state index is 0.0983. The standard InChI is InChI=1S/C25H27N3O3/c1-27-11-5-8-19-17(12-16-6-4-7-18(29)13-16)14-20-23(24(19)27)26-15-28(25(20)31)21-9-2-3-10-22(21)30/h4-8,13-15,21-22,29-30H,2-3,9-12H2,1H3. The first-order chi connectivity index (χ1) is 15.0. The number of fused-ring (bicyclic) bond motifs is 3. The topological polar surface area (TPSA) is 78.6 Å². The fourth-order valence-electron chi connectivity index (χ4n) is 5.01. The maximum absolute atomic E-state index is 13.6. The summed E-state index contributed by atoms with van der Waals surface area (Å²) < 4.78 is 1.63. The van der Waals surface area contributed by atoms with Crippen LogP contribution < -0.4 is 10.5 Å². The van der Waals surface area contributed by atoms with Gasteiger partial charge in [-0.05, 0) is 48.6 Å². The van der Waals surface area contributed by atoms with E-state index in [1.807, 2.05) is 25.2 Å². The Morgan fingerprint density at radius 1 is 1.19 bits per heavy atom. The third-order valence-electron chi connectivity index (χ3n) is 6.58. The van der Waals surface area contributed by atoms with Gasteiger partial charge in [0.1, 0.15) is 11.3 Å². The highest BCUT2D eigenvalue weighted by atomic mass is 16.3. The lowest BCUT2D eigenvalue weighted by Gasteiger charge is -2.30. The SMILES string of the molecule is CN1CC=Cc2c(Cc3cccc(O)c3)cc3c(=O)n(C4CCCCC4O)cnc3c21. The summed E-state index contributed by atoms with van der Waals surface area (Å²) in [4.78, 5) is 20.4. The van der Waals surface area contributed by atoms with Crippen LogP contribution in [0.1, 0.15) is 48.4 Å². The number of nitrogens with zero attached hydrogens (tertiary/aromatic N) is 3. The van der Waals surface area contributed by atoms with Gasteiger partial charge in [0, 0.05) is 19.2 Å². The second kappa shape index (κ2) is 7.85. The highest BCUT2D eigenvalue weighted by molar-refractivity contribution is 5.97. The molecule has 2 atom stereocenters. The zero-order valence-corrected chi connectivity index (χ0v) is 17.7. The average Bonchev–Trinajstić information content (AvgIpc) is 2.75. The molecule has 0 amide bonds. The number of aromatic nitrogens is 2. The van der Waals surface area contributed by atoms with Gasteiger partial charge in [-0.15, -0.1) is 0 Å². The van der Waals surface area contributed by atoms with Gasteiger partial charge >= 0.3 is 0 Å². The second-order valence-corrected chi connectivity index (χ2v) is 8.70. The van der Waals surface area contributed by atoms with E-state index in [-0.39, 0.29) is 17.4 Å². The Kier molecular flexibility index (Phi) is 5.02. The number of aliphatic hydroxyl groups excluding tert-OH is 1. The molecule has 1 aliphatic heterocycles. The molecule has 2 unspecified atom stereocenters. The Bertz CT molecular complexity index is 1230. The summed E-state index contributed by atoms with van der Waals surface area (Å²) in [6, 6.07) is 8.95. The second-order valence-electron chi connectivity index (χ2n) is 8.70. The van der Waals surface area contributed by atoms with Crippen molar-refractivity contribution in [2.45, 2.75) is 44.2 Å². The van der Waals surface area contributed by atoms with Gasteiger partial charge in [-0.1, -0.05) is 37.1 Å². The molecule has 5 rings (SSSR count). The van der Waals surface area contributed by atoms with Crippen LogP contribution in [-0.2, 0) is 6.42 Å². The molecule has 0 bridgehead atoms. The van der Waals surface area contributed by atoms with Gasteiger partial charge in [0.25, 0.3) is 5.56 Å². The van der Waals surface area contributed by atoms with Crippen LogP contribution in [0.15, 0.2) is 47.5 Å². The Hall–Kier alpha value is -3.12. The predicted molar refractivity (Wildman–Crippen MR) is 123 cm³/mol. The normalized spacial score (nSPS) is 20.8. The van der Waals surface area contributed by atoms with Gasteiger partial charge < -0.3 is 15.1 Å². The molecular formula is C25H27N3O3. The molecule has 0 saturated heterocycles. The monoisotopic (exact) mass is 417 g/mol. The molecule has 1 fully saturated rings. The molecule has 31 heavy (non-hydrogen) atoms. The summed E-state index contributed by atoms with van der Waals surface area (Å²) in [5, 5.41) is 21.0. The van der Waals surface area contributed by atoms with Gasteiger partial charge in [-0.25, -0.2) is 4.98 Å². The fraction of sp³-hybridized carbons (Fsp3) is 0.360. The number of anilines is 1. The largest absolute Gasteiger partial charge is 0.508 e. The number of hydrogen-bond acceptors (Lipinski definition) is 5. The lowest BCUT2D eigenvalue weighted by molar-refractivity contribution is 0.0735. The Labute approximate surface area is 181 Å². The minimum Gasteiger partial charge on any atom is -0.508 e. The molecule has 2 N–H and O–H groups in total. The van der Waals surface area contributed by atoms with Crippen LogP contribution in [-0.4, -0.2) is 39.5 Å². The summed E-state index contributed by atoms with van der Waals surface area (Å²) >= 11 is 0. The van der Waals surface area contributed by atoms with Crippen molar-refractivity contribution in [3.63, 3.8) is 0 Å². The number of phenolic OH excluding ortho intramolecular Hbond substituents is 1. The van der Waals surface area contributed by atoms with Crippen molar-refractivity contribution in [2.75, 3.05) is 18.5 Å². The summed E-state index contributed by atoms with van der Waals surface area (Å²) in [6.07, 6.45) is 9.42. The molecule has 1 saturated carbocycles. The molecular weight excluding hydrogens is 390 g/mol. The summed E-state index contributed by atoms with van der Waals surface area (Å²) in [7, 11) is 2.01. The van der Waals surface area contributed by atoms with Gasteiger partial charge in [0.15, 0.2) is 0 Å². The van der Waals surface area contributed by atoms with Crippen molar-refractivity contribution in [1.82, 2.24) is 9.55 Å². The first-order valence-electron chi connectivity index (χ1n) is 10.9. The maximum atomic E-state index is 13.6. The van der Waals surface area contributed by atoms with E-state index >= 15 is 0 Å². The van der Waals surface area contributed by atoms with E-state index in [9.17, 15) is 15.0 Å². The number of rotatable bonds is 3. The summed E-state index contributed by atoms with van der Waals surface area (Å²) in [6.45, 7) is 0.754. The third-order valence-corrected chi connectivity index (χ3v) is 6.58. The van der Waals surface area contributed by atoms with Crippen molar-refractivity contribution in [1.29, 1.82) is 0 Å². The van der Waals surface area contributed by atoms with E-state index in [2.05, 4.69) is 17.1 Å². The molecule has 1 aromatic heterocycles. The Balaban J connectivity index is 1.70. The first-order valence-corrected chi connectivity index (χ1v) is 10.9. The smallest absolute Gasteiger partial charge is 0.261 e. The highest BCUT2D eigenvalue weighted by Crippen LogP contribution is 2.36. The molecule has 3 aromatic rings. The van der Waals surface area contributed by atoms with E-state index in [0.717, 1.165) is 54.6 Å². The first kappa shape index (κ1) is 19.8. The predicted octanol–water partition coefficient (Wildman–Crippen LogP) is 3.63. The zero-order valence-electron chi connectivity index (χ0n) is 17.7. The van der Waals surface area contributed by atoms with Crippen LogP contribution in [0.3, 0.4) is 0 Å². The molecule has 2 heterocycles. The maximum Gasteiger partial charge on any atom is 0.261 e. The number of phenols is 1. The molecule has 1 aliphatic carbocycles. The Morgan fingerprint density at radius 2 is 2.03 bits per heavy atom. The summed E-state index contributed by atoms with van der Waals surface area (Å²) in [5.74, 6) is 0.232. The van der Waals surface area contributed by atoms with E-state index in [1.165, 1.54) is 0 Å². The van der Waals surface area contributed by atoms with E-state index < -0.39 is 6.10 Å². The van der Waals surface area contributed by atoms with Crippen LogP contribution in [0.5, 0.6) is 5.75 Å². The van der Waals surface area contributed by atoms with Crippen LogP contribution in [0.2, 0.25) is 0 Å². The molecule has 6 heteroatoms. The minimum atomic E-state index is -0.513. The van der Waals surface area contributed by atoms with Crippen molar-refractivity contribution >= 4 is 22.7 Å². The number of aliphatic hydroxyl groups is 1. The molecule has 2 aliphatic rings.